The number of alkyl halides is 2. The third kappa shape index (κ3) is 2.37. The quantitative estimate of drug-likeness (QED) is 0.917. The van der Waals surface area contributed by atoms with Gasteiger partial charge in [-0.1, -0.05) is 12.8 Å². The Hall–Kier alpha value is -1.65. The SMILES string of the molecule is COc1ccc(C(C)(F)F)cc1C1(C(=O)O)CCCC1. The number of rotatable bonds is 4. The molecule has 1 aliphatic rings. The van der Waals surface area contributed by atoms with Crippen molar-refractivity contribution in [1.29, 1.82) is 0 Å². The van der Waals surface area contributed by atoms with E-state index in [1.807, 2.05) is 0 Å². The number of carboxylic acids is 1. The van der Waals surface area contributed by atoms with Gasteiger partial charge >= 0.3 is 5.97 Å². The van der Waals surface area contributed by atoms with Gasteiger partial charge in [0.1, 0.15) is 5.75 Å². The smallest absolute Gasteiger partial charge is 0.314 e. The Morgan fingerprint density at radius 3 is 2.40 bits per heavy atom. The Morgan fingerprint density at radius 1 is 1.35 bits per heavy atom. The van der Waals surface area contributed by atoms with Gasteiger partial charge in [0.15, 0.2) is 0 Å². The number of hydrogen-bond acceptors (Lipinski definition) is 2. The fourth-order valence-electron chi connectivity index (χ4n) is 2.93. The zero-order valence-corrected chi connectivity index (χ0v) is 11.6. The molecule has 0 aliphatic heterocycles. The van der Waals surface area contributed by atoms with Crippen LogP contribution in [-0.4, -0.2) is 18.2 Å². The molecule has 2 rings (SSSR count). The normalized spacial score (nSPS) is 18.0. The summed E-state index contributed by atoms with van der Waals surface area (Å²) in [4.78, 5) is 11.7. The first kappa shape index (κ1) is 14.8. The van der Waals surface area contributed by atoms with E-state index in [1.165, 1.54) is 25.3 Å². The molecule has 0 spiro atoms. The van der Waals surface area contributed by atoms with Gasteiger partial charge in [-0.25, -0.2) is 8.78 Å². The van der Waals surface area contributed by atoms with E-state index in [1.54, 1.807) is 0 Å². The first-order valence-electron chi connectivity index (χ1n) is 6.61. The van der Waals surface area contributed by atoms with Gasteiger partial charge in [0, 0.05) is 18.1 Å². The molecule has 110 valence electrons. The highest BCUT2D eigenvalue weighted by Crippen LogP contribution is 2.46. The lowest BCUT2D eigenvalue weighted by molar-refractivity contribution is -0.143. The average molecular weight is 284 g/mol. The number of ether oxygens (including phenoxy) is 1. The van der Waals surface area contributed by atoms with Crippen LogP contribution in [0.4, 0.5) is 8.78 Å². The van der Waals surface area contributed by atoms with Gasteiger partial charge in [-0.3, -0.25) is 4.79 Å². The molecule has 1 aromatic carbocycles. The fourth-order valence-corrected chi connectivity index (χ4v) is 2.93. The molecule has 1 N–H and O–H groups in total. The molecule has 1 aliphatic carbocycles. The third-order valence-corrected chi connectivity index (χ3v) is 4.09. The summed E-state index contributed by atoms with van der Waals surface area (Å²) in [6, 6.07) is 4.01. The summed E-state index contributed by atoms with van der Waals surface area (Å²) in [5.74, 6) is -3.61. The molecule has 20 heavy (non-hydrogen) atoms. The van der Waals surface area contributed by atoms with Gasteiger partial charge in [-0.15, -0.1) is 0 Å². The summed E-state index contributed by atoms with van der Waals surface area (Å²) in [6.07, 6.45) is 2.47. The van der Waals surface area contributed by atoms with Gasteiger partial charge in [-0.05, 0) is 31.0 Å². The molecule has 3 nitrogen and oxygen atoms in total. The second kappa shape index (κ2) is 5.04. The molecule has 0 saturated heterocycles. The van der Waals surface area contributed by atoms with E-state index in [4.69, 9.17) is 4.74 Å². The van der Waals surface area contributed by atoms with E-state index in [2.05, 4.69) is 0 Å². The highest BCUT2D eigenvalue weighted by atomic mass is 19.3. The second-order valence-corrected chi connectivity index (χ2v) is 5.40. The number of carboxylic acid groups (broad SMARTS) is 1. The van der Waals surface area contributed by atoms with Crippen LogP contribution in [-0.2, 0) is 16.1 Å². The molecule has 0 heterocycles. The van der Waals surface area contributed by atoms with Crippen molar-refractivity contribution in [3.8, 4) is 5.75 Å². The van der Waals surface area contributed by atoms with Gasteiger partial charge in [0.2, 0.25) is 0 Å². The second-order valence-electron chi connectivity index (χ2n) is 5.40. The number of hydrogen-bond donors (Lipinski definition) is 1. The summed E-state index contributed by atoms with van der Waals surface area (Å²) >= 11 is 0. The minimum Gasteiger partial charge on any atom is -0.496 e. The molecule has 0 aromatic heterocycles. The van der Waals surface area contributed by atoms with E-state index in [-0.39, 0.29) is 5.56 Å². The average Bonchev–Trinajstić information content (AvgIpc) is 2.87. The molecule has 5 heteroatoms. The number of carbonyl (C=O) groups is 1. The molecule has 0 amide bonds. The van der Waals surface area contributed by atoms with Crippen LogP contribution in [0.1, 0.15) is 43.7 Å². The summed E-state index contributed by atoms with van der Waals surface area (Å²) in [5, 5.41) is 9.59. The Morgan fingerprint density at radius 2 is 1.95 bits per heavy atom. The number of methoxy groups -OCH3 is 1. The minimum atomic E-state index is -3.00. The predicted molar refractivity (Wildman–Crippen MR) is 70.3 cm³/mol. The monoisotopic (exact) mass is 284 g/mol. The highest BCUT2D eigenvalue weighted by molar-refractivity contribution is 5.83. The van der Waals surface area contributed by atoms with E-state index < -0.39 is 17.3 Å². The maximum atomic E-state index is 13.5. The Labute approximate surface area is 116 Å². The summed E-state index contributed by atoms with van der Waals surface area (Å²) < 4.78 is 32.2. The molecule has 0 unspecified atom stereocenters. The molecule has 1 fully saturated rings. The van der Waals surface area contributed by atoms with Crippen molar-refractivity contribution in [1.82, 2.24) is 0 Å². The maximum absolute atomic E-state index is 13.5. The van der Waals surface area contributed by atoms with E-state index >= 15 is 0 Å². The number of aliphatic carboxylic acids is 1. The van der Waals surface area contributed by atoms with Crippen molar-refractivity contribution in [2.75, 3.05) is 7.11 Å². The zero-order chi connectivity index (χ0) is 15.0. The largest absolute Gasteiger partial charge is 0.496 e. The standard InChI is InChI=1S/C15H18F2O3/c1-14(16,17)10-5-6-12(20-2)11(9-10)15(13(18)19)7-3-4-8-15/h5-6,9H,3-4,7-8H2,1-2H3,(H,18,19). The molecular weight excluding hydrogens is 266 g/mol. The molecule has 0 atom stereocenters. The summed E-state index contributed by atoms with van der Waals surface area (Å²) in [6.45, 7) is 0.806. The van der Waals surface area contributed by atoms with Crippen molar-refractivity contribution >= 4 is 5.97 Å². The van der Waals surface area contributed by atoms with Gasteiger partial charge < -0.3 is 9.84 Å². The van der Waals surface area contributed by atoms with Crippen molar-refractivity contribution < 1.29 is 23.4 Å². The lowest BCUT2D eigenvalue weighted by atomic mass is 9.77. The van der Waals surface area contributed by atoms with Crippen molar-refractivity contribution in [2.45, 2.75) is 43.9 Å². The molecule has 1 aromatic rings. The summed E-state index contributed by atoms with van der Waals surface area (Å²) in [5.41, 5.74) is -0.920. The van der Waals surface area contributed by atoms with Gasteiger partial charge in [0.25, 0.3) is 5.92 Å². The first-order chi connectivity index (χ1) is 9.31. The molecule has 1 saturated carbocycles. The first-order valence-corrected chi connectivity index (χ1v) is 6.61. The van der Waals surface area contributed by atoms with Crippen molar-refractivity contribution in [3.05, 3.63) is 29.3 Å². The lowest BCUT2D eigenvalue weighted by Crippen LogP contribution is -2.33. The Balaban J connectivity index is 2.61. The predicted octanol–water partition coefficient (Wildman–Crippen LogP) is 3.70. The van der Waals surface area contributed by atoms with E-state index in [9.17, 15) is 18.7 Å². The van der Waals surface area contributed by atoms with Crippen LogP contribution >= 0.6 is 0 Å². The van der Waals surface area contributed by atoms with Crippen LogP contribution < -0.4 is 4.74 Å². The van der Waals surface area contributed by atoms with E-state index in [0.717, 1.165) is 19.8 Å². The maximum Gasteiger partial charge on any atom is 0.314 e. The van der Waals surface area contributed by atoms with Crippen LogP contribution in [0, 0.1) is 0 Å². The molecule has 0 bridgehead atoms. The Bertz CT molecular complexity index is 514. The van der Waals surface area contributed by atoms with Gasteiger partial charge in [0.05, 0.1) is 12.5 Å². The van der Waals surface area contributed by atoms with Crippen LogP contribution in [0.15, 0.2) is 18.2 Å². The molecular formula is C15H18F2O3. The lowest BCUT2D eigenvalue weighted by Gasteiger charge is -2.27. The van der Waals surface area contributed by atoms with Crippen molar-refractivity contribution in [2.24, 2.45) is 0 Å². The Kier molecular flexibility index (Phi) is 3.71. The minimum absolute atomic E-state index is 0.180. The van der Waals surface area contributed by atoms with Crippen LogP contribution in [0.2, 0.25) is 0 Å². The van der Waals surface area contributed by atoms with E-state index in [0.29, 0.717) is 24.2 Å². The van der Waals surface area contributed by atoms with Crippen LogP contribution in [0.5, 0.6) is 5.75 Å². The van der Waals surface area contributed by atoms with Gasteiger partial charge in [-0.2, -0.15) is 0 Å². The zero-order valence-electron chi connectivity index (χ0n) is 11.6. The third-order valence-electron chi connectivity index (χ3n) is 4.09. The van der Waals surface area contributed by atoms with Crippen molar-refractivity contribution in [3.63, 3.8) is 0 Å². The summed E-state index contributed by atoms with van der Waals surface area (Å²) in [7, 11) is 1.42. The number of benzene rings is 1. The van der Waals surface area contributed by atoms with Crippen LogP contribution in [0.3, 0.4) is 0 Å². The highest BCUT2D eigenvalue weighted by Gasteiger charge is 2.45. The number of halogens is 2. The fraction of sp³-hybridized carbons (Fsp3) is 0.533. The molecule has 0 radical (unpaired) electrons. The topological polar surface area (TPSA) is 46.5 Å². The van der Waals surface area contributed by atoms with Crippen LogP contribution in [0.25, 0.3) is 0 Å².